The maximum atomic E-state index is 11.9. The summed E-state index contributed by atoms with van der Waals surface area (Å²) in [5, 5.41) is 2.95. The lowest BCUT2D eigenvalue weighted by Gasteiger charge is -2.27. The summed E-state index contributed by atoms with van der Waals surface area (Å²) in [6.07, 6.45) is -0.249. The molecule has 0 saturated carbocycles. The molecular formula is C12H24N2O4. The van der Waals surface area contributed by atoms with Crippen LogP contribution in [0.1, 0.15) is 27.2 Å². The first-order chi connectivity index (χ1) is 8.30. The highest BCUT2D eigenvalue weighted by molar-refractivity contribution is 5.72. The van der Waals surface area contributed by atoms with E-state index in [1.54, 1.807) is 7.05 Å². The molecule has 0 atom stereocenters. The zero-order valence-electron chi connectivity index (χ0n) is 11.9. The Morgan fingerprint density at radius 2 is 1.83 bits per heavy atom. The van der Waals surface area contributed by atoms with Crippen LogP contribution in [0.3, 0.4) is 0 Å². The molecule has 0 unspecified atom stereocenters. The van der Waals surface area contributed by atoms with E-state index in [9.17, 15) is 9.59 Å². The van der Waals surface area contributed by atoms with Crippen molar-refractivity contribution in [2.45, 2.75) is 32.8 Å². The molecule has 0 rings (SSSR count). The molecule has 18 heavy (non-hydrogen) atoms. The van der Waals surface area contributed by atoms with E-state index in [0.717, 1.165) is 0 Å². The van der Waals surface area contributed by atoms with Crippen molar-refractivity contribution in [3.8, 4) is 0 Å². The van der Waals surface area contributed by atoms with Gasteiger partial charge < -0.3 is 19.7 Å². The summed E-state index contributed by atoms with van der Waals surface area (Å²) >= 11 is 0. The third-order valence-corrected chi connectivity index (χ3v) is 2.10. The summed E-state index contributed by atoms with van der Waals surface area (Å²) in [7, 11) is 3.13. The average molecular weight is 260 g/mol. The van der Waals surface area contributed by atoms with Crippen molar-refractivity contribution >= 4 is 12.1 Å². The number of nitrogens with one attached hydrogen (secondary N) is 1. The molecule has 0 aromatic carbocycles. The van der Waals surface area contributed by atoms with Crippen molar-refractivity contribution in [1.29, 1.82) is 0 Å². The van der Waals surface area contributed by atoms with Crippen molar-refractivity contribution in [2.75, 3.05) is 33.8 Å². The predicted octanol–water partition coefficient (Wildman–Crippen LogP) is 1.01. The number of hydrogen-bond donors (Lipinski definition) is 1. The van der Waals surface area contributed by atoms with Gasteiger partial charge in [0.05, 0.1) is 13.5 Å². The Morgan fingerprint density at radius 1 is 1.22 bits per heavy atom. The fraction of sp³-hybridized carbons (Fsp3) is 0.833. The van der Waals surface area contributed by atoms with Crippen molar-refractivity contribution in [3.63, 3.8) is 0 Å². The van der Waals surface area contributed by atoms with Gasteiger partial charge in [-0.2, -0.15) is 0 Å². The van der Waals surface area contributed by atoms with Gasteiger partial charge in [0, 0.05) is 19.6 Å². The lowest BCUT2D eigenvalue weighted by molar-refractivity contribution is -0.140. The second kappa shape index (κ2) is 7.92. The SMILES string of the molecule is CNCCN(CCC(=O)OC)C(=O)OC(C)(C)C. The van der Waals surface area contributed by atoms with Crippen molar-refractivity contribution in [1.82, 2.24) is 10.2 Å². The number of carbonyl (C=O) groups is 2. The molecule has 0 aliphatic carbocycles. The lowest BCUT2D eigenvalue weighted by atomic mass is 10.2. The first-order valence-electron chi connectivity index (χ1n) is 5.99. The van der Waals surface area contributed by atoms with Gasteiger partial charge >= 0.3 is 12.1 Å². The molecular weight excluding hydrogens is 236 g/mol. The summed E-state index contributed by atoms with van der Waals surface area (Å²) < 4.78 is 9.82. The molecule has 0 aromatic heterocycles. The van der Waals surface area contributed by atoms with Crippen molar-refractivity contribution < 1.29 is 19.1 Å². The zero-order valence-corrected chi connectivity index (χ0v) is 11.9. The number of esters is 1. The molecule has 0 fully saturated rings. The molecule has 0 saturated heterocycles. The maximum absolute atomic E-state index is 11.9. The van der Waals surface area contributed by atoms with Gasteiger partial charge in [0.1, 0.15) is 5.60 Å². The monoisotopic (exact) mass is 260 g/mol. The molecule has 0 bridgehead atoms. The van der Waals surface area contributed by atoms with Crippen LogP contribution in [0.4, 0.5) is 4.79 Å². The molecule has 0 radical (unpaired) electrons. The van der Waals surface area contributed by atoms with Crippen LogP contribution in [0.15, 0.2) is 0 Å². The number of methoxy groups -OCH3 is 1. The summed E-state index contributed by atoms with van der Waals surface area (Å²) in [5.41, 5.74) is -0.541. The minimum atomic E-state index is -0.541. The molecule has 0 heterocycles. The van der Waals surface area contributed by atoms with E-state index in [0.29, 0.717) is 19.6 Å². The van der Waals surface area contributed by atoms with E-state index < -0.39 is 11.7 Å². The van der Waals surface area contributed by atoms with Gasteiger partial charge in [0.15, 0.2) is 0 Å². The molecule has 0 aliphatic heterocycles. The Hall–Kier alpha value is -1.30. The van der Waals surface area contributed by atoms with Gasteiger partial charge in [0.25, 0.3) is 0 Å². The Labute approximate surface area is 109 Å². The Balaban J connectivity index is 4.37. The highest BCUT2D eigenvalue weighted by Gasteiger charge is 2.22. The van der Waals surface area contributed by atoms with Crippen LogP contribution in [0.2, 0.25) is 0 Å². The average Bonchev–Trinajstić information content (AvgIpc) is 2.26. The van der Waals surface area contributed by atoms with Gasteiger partial charge in [-0.3, -0.25) is 4.79 Å². The third kappa shape index (κ3) is 7.89. The number of hydrogen-bond acceptors (Lipinski definition) is 5. The third-order valence-electron chi connectivity index (χ3n) is 2.10. The van der Waals surface area contributed by atoms with E-state index in [4.69, 9.17) is 4.74 Å². The quantitative estimate of drug-likeness (QED) is 0.722. The molecule has 0 aliphatic rings. The van der Waals surface area contributed by atoms with Crippen LogP contribution in [0, 0.1) is 0 Å². The number of nitrogens with zero attached hydrogens (tertiary/aromatic N) is 1. The minimum absolute atomic E-state index is 0.166. The van der Waals surface area contributed by atoms with E-state index in [-0.39, 0.29) is 12.4 Å². The lowest BCUT2D eigenvalue weighted by Crippen LogP contribution is -2.41. The normalized spacial score (nSPS) is 10.9. The highest BCUT2D eigenvalue weighted by Crippen LogP contribution is 2.10. The molecule has 1 amide bonds. The number of amides is 1. The van der Waals surface area contributed by atoms with E-state index in [1.807, 2.05) is 20.8 Å². The summed E-state index contributed by atoms with van der Waals surface area (Å²) in [6.45, 7) is 6.84. The fourth-order valence-corrected chi connectivity index (χ4v) is 1.20. The summed E-state index contributed by atoms with van der Waals surface area (Å²) in [4.78, 5) is 24.5. The Kier molecular flexibility index (Phi) is 7.35. The Morgan fingerprint density at radius 3 is 2.28 bits per heavy atom. The molecule has 1 N–H and O–H groups in total. The van der Waals surface area contributed by atoms with Crippen LogP contribution < -0.4 is 5.32 Å². The predicted molar refractivity (Wildman–Crippen MR) is 68.4 cm³/mol. The first-order valence-corrected chi connectivity index (χ1v) is 5.99. The number of likely N-dealkylation sites (N-methyl/N-ethyl adjacent to an activating group) is 1. The molecule has 6 nitrogen and oxygen atoms in total. The van der Waals surface area contributed by atoms with Gasteiger partial charge in [-0.15, -0.1) is 0 Å². The van der Waals surface area contributed by atoms with E-state index in [2.05, 4.69) is 10.1 Å². The van der Waals surface area contributed by atoms with Crippen LogP contribution in [0.25, 0.3) is 0 Å². The van der Waals surface area contributed by atoms with Gasteiger partial charge in [-0.1, -0.05) is 0 Å². The number of rotatable bonds is 6. The number of carbonyl (C=O) groups excluding carboxylic acids is 2. The number of ether oxygens (including phenoxy) is 2. The molecule has 0 spiro atoms. The zero-order chi connectivity index (χ0) is 14.2. The van der Waals surface area contributed by atoms with Crippen LogP contribution in [-0.4, -0.2) is 56.4 Å². The second-order valence-corrected chi connectivity index (χ2v) is 4.90. The highest BCUT2D eigenvalue weighted by atomic mass is 16.6. The van der Waals surface area contributed by atoms with Gasteiger partial charge in [-0.05, 0) is 27.8 Å². The van der Waals surface area contributed by atoms with Crippen LogP contribution in [-0.2, 0) is 14.3 Å². The summed E-state index contributed by atoms with van der Waals surface area (Å²) in [5.74, 6) is -0.340. The van der Waals surface area contributed by atoms with E-state index >= 15 is 0 Å². The Bertz CT molecular complexity index is 274. The fourth-order valence-electron chi connectivity index (χ4n) is 1.20. The summed E-state index contributed by atoms with van der Waals surface area (Å²) in [6, 6.07) is 0. The largest absolute Gasteiger partial charge is 0.469 e. The van der Waals surface area contributed by atoms with Crippen LogP contribution >= 0.6 is 0 Å². The van der Waals surface area contributed by atoms with Gasteiger partial charge in [-0.25, -0.2) is 4.79 Å². The second-order valence-electron chi connectivity index (χ2n) is 4.90. The van der Waals surface area contributed by atoms with Crippen LogP contribution in [0.5, 0.6) is 0 Å². The minimum Gasteiger partial charge on any atom is -0.469 e. The first kappa shape index (κ1) is 16.7. The van der Waals surface area contributed by atoms with E-state index in [1.165, 1.54) is 12.0 Å². The standard InChI is InChI=1S/C12H24N2O4/c1-12(2,3)18-11(16)14(9-7-13-4)8-6-10(15)17-5/h13H,6-9H2,1-5H3. The molecule has 0 aromatic rings. The topological polar surface area (TPSA) is 67.9 Å². The maximum Gasteiger partial charge on any atom is 0.410 e. The van der Waals surface area contributed by atoms with Crippen molar-refractivity contribution in [2.24, 2.45) is 0 Å². The smallest absolute Gasteiger partial charge is 0.410 e. The van der Waals surface area contributed by atoms with Crippen molar-refractivity contribution in [3.05, 3.63) is 0 Å². The molecule has 106 valence electrons. The molecule has 6 heteroatoms. The van der Waals surface area contributed by atoms with Gasteiger partial charge in [0.2, 0.25) is 0 Å².